The quantitative estimate of drug-likeness (QED) is 0.0456. The van der Waals surface area contributed by atoms with Crippen molar-refractivity contribution in [2.75, 3.05) is 0 Å². The minimum atomic E-state index is -4.83. The summed E-state index contributed by atoms with van der Waals surface area (Å²) >= 11 is 0. The third-order valence-electron chi connectivity index (χ3n) is 8.69. The standard InChI is InChI=1S/C42H32N8O10S2/c1-25-21-33(17-19-37(25)49-43-31-11-7-29(8-12-31)41(51)52)45-47-35-15-5-27(39(23-35)61(55,56)57)3-4-28-6-16-36(24-40(28)62(58,59)60)48-46-34-18-20-38(26(2)22-34)50-44-32-13-9-30(10-14-32)42(53)54/h3-24H,1-2H3,(H,51,52)(H,53,54)(H,55,56,57)(H,58,59,60). The molecule has 0 fully saturated rings. The van der Waals surface area contributed by atoms with Crippen LogP contribution in [0.4, 0.5) is 45.5 Å². The van der Waals surface area contributed by atoms with Gasteiger partial charge in [-0.2, -0.15) is 57.7 Å². The van der Waals surface area contributed by atoms with Crippen molar-refractivity contribution in [2.24, 2.45) is 40.9 Å². The van der Waals surface area contributed by atoms with E-state index in [9.17, 15) is 35.5 Å². The van der Waals surface area contributed by atoms with Crippen molar-refractivity contribution in [3.05, 3.63) is 155 Å². The molecule has 20 heteroatoms. The molecule has 0 saturated carbocycles. The van der Waals surface area contributed by atoms with Gasteiger partial charge in [0.25, 0.3) is 20.2 Å². The van der Waals surface area contributed by atoms with Gasteiger partial charge in [-0.1, -0.05) is 24.3 Å². The summed E-state index contributed by atoms with van der Waals surface area (Å²) in [6, 6.07) is 29.2. The van der Waals surface area contributed by atoms with Crippen molar-refractivity contribution in [1.82, 2.24) is 0 Å². The monoisotopic (exact) mass is 872 g/mol. The first kappa shape index (κ1) is 43.8. The fraction of sp³-hybridized carbons (Fsp3) is 0.0476. The highest BCUT2D eigenvalue weighted by atomic mass is 32.2. The average molecular weight is 873 g/mol. The number of azo groups is 4. The van der Waals surface area contributed by atoms with Crippen LogP contribution in [0.25, 0.3) is 12.2 Å². The summed E-state index contributed by atoms with van der Waals surface area (Å²) in [6.07, 6.45) is 2.47. The number of benzene rings is 6. The lowest BCUT2D eigenvalue weighted by molar-refractivity contribution is 0.0686. The van der Waals surface area contributed by atoms with Crippen molar-refractivity contribution in [3.63, 3.8) is 0 Å². The van der Waals surface area contributed by atoms with E-state index in [0.29, 0.717) is 45.3 Å². The smallest absolute Gasteiger partial charge is 0.335 e. The van der Waals surface area contributed by atoms with Gasteiger partial charge in [0.05, 0.1) is 56.6 Å². The second kappa shape index (κ2) is 18.6. The lowest BCUT2D eigenvalue weighted by Crippen LogP contribution is -2.01. The molecule has 0 aliphatic carbocycles. The van der Waals surface area contributed by atoms with Crippen molar-refractivity contribution in [1.29, 1.82) is 0 Å². The van der Waals surface area contributed by atoms with E-state index in [1.54, 1.807) is 50.2 Å². The van der Waals surface area contributed by atoms with E-state index in [-0.39, 0.29) is 33.6 Å². The van der Waals surface area contributed by atoms with Gasteiger partial charge >= 0.3 is 11.9 Å². The number of carbonyl (C=O) groups is 2. The van der Waals surface area contributed by atoms with Crippen molar-refractivity contribution in [2.45, 2.75) is 23.6 Å². The number of aromatic carboxylic acids is 2. The van der Waals surface area contributed by atoms with Crippen LogP contribution in [0.15, 0.2) is 172 Å². The molecular weight excluding hydrogens is 841 g/mol. The molecule has 0 aliphatic heterocycles. The molecule has 6 rings (SSSR count). The fourth-order valence-corrected chi connectivity index (χ4v) is 6.90. The Bertz CT molecular complexity index is 2890. The maximum Gasteiger partial charge on any atom is 0.335 e. The van der Waals surface area contributed by atoms with Crippen LogP contribution in [0, 0.1) is 13.8 Å². The van der Waals surface area contributed by atoms with Gasteiger partial charge in [-0.15, -0.1) is 0 Å². The summed E-state index contributed by atoms with van der Waals surface area (Å²) < 4.78 is 69.8. The summed E-state index contributed by atoms with van der Waals surface area (Å²) in [5.41, 5.74) is 4.35. The molecule has 0 atom stereocenters. The Morgan fingerprint density at radius 2 is 0.710 bits per heavy atom. The SMILES string of the molecule is Cc1cc(N=Nc2ccc(C=Cc3ccc(N=Nc4ccc(N=Nc5ccc(C(=O)O)cc5)c(C)c4)cc3S(=O)(=O)O)c(S(=O)(=O)O)c2)ccc1N=Nc1ccc(C(=O)O)cc1. The molecule has 6 aromatic rings. The van der Waals surface area contributed by atoms with E-state index in [0.717, 1.165) is 12.1 Å². The number of carboxylic acids is 2. The van der Waals surface area contributed by atoms with E-state index in [2.05, 4.69) is 40.9 Å². The Kier molecular flexibility index (Phi) is 13.2. The molecule has 0 aliphatic rings. The highest BCUT2D eigenvalue weighted by molar-refractivity contribution is 7.86. The third-order valence-corrected chi connectivity index (χ3v) is 10.5. The summed E-state index contributed by atoms with van der Waals surface area (Å²) in [5.74, 6) is -2.11. The van der Waals surface area contributed by atoms with Crippen molar-refractivity contribution in [3.8, 4) is 0 Å². The molecule has 0 bridgehead atoms. The second-order valence-corrected chi connectivity index (χ2v) is 16.0. The van der Waals surface area contributed by atoms with Gasteiger partial charge in [0.15, 0.2) is 0 Å². The Hall–Kier alpha value is -7.78. The normalized spacial score (nSPS) is 12.4. The van der Waals surface area contributed by atoms with E-state index < -0.39 is 42.0 Å². The minimum Gasteiger partial charge on any atom is -0.478 e. The summed E-state index contributed by atoms with van der Waals surface area (Å²) in [7, 11) is -9.65. The molecule has 18 nitrogen and oxygen atoms in total. The van der Waals surface area contributed by atoms with Gasteiger partial charge in [-0.3, -0.25) is 9.11 Å². The molecule has 62 heavy (non-hydrogen) atoms. The first-order valence-electron chi connectivity index (χ1n) is 17.9. The van der Waals surface area contributed by atoms with Crippen LogP contribution in [-0.2, 0) is 20.2 Å². The molecule has 0 spiro atoms. The minimum absolute atomic E-state index is 0.0332. The van der Waals surface area contributed by atoms with Crippen LogP contribution in [0.5, 0.6) is 0 Å². The fourth-order valence-electron chi connectivity index (χ4n) is 5.50. The van der Waals surface area contributed by atoms with Crippen LogP contribution in [0.3, 0.4) is 0 Å². The molecular formula is C42H32N8O10S2. The Balaban J connectivity index is 1.17. The maximum absolute atomic E-state index is 12.4. The molecule has 0 aromatic heterocycles. The zero-order valence-corrected chi connectivity index (χ0v) is 34.0. The second-order valence-electron chi connectivity index (χ2n) is 13.2. The highest BCUT2D eigenvalue weighted by Gasteiger charge is 2.18. The number of rotatable bonds is 14. The van der Waals surface area contributed by atoms with Crippen LogP contribution < -0.4 is 0 Å². The largest absolute Gasteiger partial charge is 0.478 e. The molecule has 4 N–H and O–H groups in total. The Morgan fingerprint density at radius 1 is 0.419 bits per heavy atom. The van der Waals surface area contributed by atoms with Crippen LogP contribution in [0.1, 0.15) is 43.0 Å². The van der Waals surface area contributed by atoms with Gasteiger partial charge in [0.2, 0.25) is 0 Å². The predicted octanol–water partition coefficient (Wildman–Crippen LogP) is 12.0. The zero-order valence-electron chi connectivity index (χ0n) is 32.3. The average Bonchev–Trinajstić information content (AvgIpc) is 3.23. The van der Waals surface area contributed by atoms with Gasteiger partial charge in [-0.25, -0.2) is 9.59 Å². The summed E-state index contributed by atoms with van der Waals surface area (Å²) in [5, 5.41) is 51.2. The third kappa shape index (κ3) is 11.5. The summed E-state index contributed by atoms with van der Waals surface area (Å²) in [6.45, 7) is 3.52. The Labute approximate surface area is 353 Å². The van der Waals surface area contributed by atoms with Crippen molar-refractivity contribution >= 4 is 89.8 Å². The van der Waals surface area contributed by atoms with Gasteiger partial charge in [-0.05, 0) is 145 Å². The molecule has 0 heterocycles. The Morgan fingerprint density at radius 3 is 1.02 bits per heavy atom. The molecule has 0 saturated heterocycles. The number of hydrogen-bond acceptors (Lipinski definition) is 14. The topological polar surface area (TPSA) is 282 Å². The van der Waals surface area contributed by atoms with Crippen LogP contribution in [0.2, 0.25) is 0 Å². The van der Waals surface area contributed by atoms with E-state index in [1.165, 1.54) is 84.9 Å². The zero-order chi connectivity index (χ0) is 44.6. The van der Waals surface area contributed by atoms with Gasteiger partial charge in [0, 0.05) is 0 Å². The van der Waals surface area contributed by atoms with Gasteiger partial charge in [0.1, 0.15) is 9.79 Å². The first-order chi connectivity index (χ1) is 29.4. The first-order valence-corrected chi connectivity index (χ1v) is 20.8. The molecule has 312 valence electrons. The highest BCUT2D eigenvalue weighted by Crippen LogP contribution is 2.32. The number of aryl methyl sites for hydroxylation is 2. The van der Waals surface area contributed by atoms with Crippen LogP contribution in [-0.4, -0.2) is 48.1 Å². The molecule has 0 amide bonds. The van der Waals surface area contributed by atoms with E-state index in [4.69, 9.17) is 10.2 Å². The number of carboxylic acid groups (broad SMARTS) is 2. The number of nitrogens with zero attached hydrogens (tertiary/aromatic N) is 8. The maximum atomic E-state index is 12.4. The van der Waals surface area contributed by atoms with E-state index >= 15 is 0 Å². The van der Waals surface area contributed by atoms with E-state index in [1.807, 2.05) is 0 Å². The lowest BCUT2D eigenvalue weighted by atomic mass is 10.1. The lowest BCUT2D eigenvalue weighted by Gasteiger charge is -2.06. The number of hydrogen-bond donors (Lipinski definition) is 4. The molecule has 6 aromatic carbocycles. The van der Waals surface area contributed by atoms with Gasteiger partial charge < -0.3 is 10.2 Å². The molecule has 0 radical (unpaired) electrons. The van der Waals surface area contributed by atoms with Crippen molar-refractivity contribution < 1.29 is 45.7 Å². The predicted molar refractivity (Wildman–Crippen MR) is 227 cm³/mol. The van der Waals surface area contributed by atoms with Crippen LogP contribution >= 0.6 is 0 Å². The molecule has 0 unspecified atom stereocenters. The summed E-state index contributed by atoms with van der Waals surface area (Å²) in [4.78, 5) is 21.0.